The molecule has 0 radical (unpaired) electrons. The third kappa shape index (κ3) is 6.48. The van der Waals surface area contributed by atoms with E-state index in [4.69, 9.17) is 9.47 Å². The Balaban J connectivity index is 1.68. The smallest absolute Gasteiger partial charge is 0.240 e. The molecule has 0 saturated heterocycles. The Morgan fingerprint density at radius 3 is 2.27 bits per heavy atom. The molecule has 1 heterocycles. The topological polar surface area (TPSA) is 76.1 Å². The van der Waals surface area contributed by atoms with Crippen LogP contribution in [0.15, 0.2) is 65.9 Å². The number of nitrogens with zero attached hydrogens (tertiary/aromatic N) is 1. The molecule has 278 valence electrons. The number of fused-ring (bicyclic) bond motifs is 2. The summed E-state index contributed by atoms with van der Waals surface area (Å²) >= 11 is 0. The first-order valence-corrected chi connectivity index (χ1v) is 19.4. The molecule has 3 aromatic rings. The molecule has 1 amide bonds. The number of carbonyl (C=O) groups is 2. The highest BCUT2D eigenvalue weighted by atomic mass is 19.1. The van der Waals surface area contributed by atoms with Crippen molar-refractivity contribution in [2.75, 3.05) is 18.2 Å². The Kier molecular flexibility index (Phi) is 11.0. The van der Waals surface area contributed by atoms with Gasteiger partial charge in [-0.25, -0.2) is 4.39 Å². The third-order valence-electron chi connectivity index (χ3n) is 12.0. The number of hydrogen-bond donors (Lipinski definition) is 1. The van der Waals surface area contributed by atoms with Crippen molar-refractivity contribution in [2.24, 2.45) is 5.92 Å². The molecule has 2 aliphatic carbocycles. The lowest BCUT2D eigenvalue weighted by molar-refractivity contribution is -0.126. The lowest BCUT2D eigenvalue weighted by Crippen LogP contribution is -2.50. The van der Waals surface area contributed by atoms with Crippen LogP contribution in [-0.2, 0) is 19.7 Å². The molecular formula is C45H56FNO5. The molecule has 1 aliphatic heterocycles. The summed E-state index contributed by atoms with van der Waals surface area (Å²) in [6, 6.07) is 17.0. The minimum atomic E-state index is -1.30. The monoisotopic (exact) mass is 709 g/mol. The van der Waals surface area contributed by atoms with Gasteiger partial charge >= 0.3 is 0 Å². The van der Waals surface area contributed by atoms with Gasteiger partial charge < -0.3 is 14.6 Å². The van der Waals surface area contributed by atoms with Gasteiger partial charge in [0, 0.05) is 31.3 Å². The highest BCUT2D eigenvalue weighted by Crippen LogP contribution is 2.63. The molecule has 4 atom stereocenters. The summed E-state index contributed by atoms with van der Waals surface area (Å²) in [4.78, 5) is 31.8. The van der Waals surface area contributed by atoms with Crippen molar-refractivity contribution in [1.29, 1.82) is 0 Å². The fraction of sp³-hybridized carbons (Fsp3) is 0.511. The van der Waals surface area contributed by atoms with Gasteiger partial charge in [-0.05, 0) is 123 Å². The summed E-state index contributed by atoms with van der Waals surface area (Å²) in [5.74, 6) is -1.06. The largest absolute Gasteiger partial charge is 0.508 e. The number of ether oxygens (including phenoxy) is 2. The molecule has 6 rings (SSSR count). The maximum absolute atomic E-state index is 15.8. The molecule has 2 saturated carbocycles. The summed E-state index contributed by atoms with van der Waals surface area (Å²) in [6.45, 7) is 14.6. The number of hydrogen-bond acceptors (Lipinski definition) is 5. The molecule has 6 nitrogen and oxygen atoms in total. The first kappa shape index (κ1) is 37.8. The standard InChI is InChI=1S/C45H56FNO5/c1-8-20-44(21-9-2,42(49)32-12-11-13-32)52-40-19-15-28(4)22-36(40)38-26-34(48)24-31(7)41(35-25-33(46)17-16-30(35)6)45(38)37-18-14-29(5)23-39(37)47(43(45)50)27-51-10-3/h14-19,22-23,25,31,38,41,49H,8-13,20-21,24,26-27H2,1-7H3/t31?,38-,41?,45-/m1/s1. The molecule has 2 fully saturated rings. The number of ketones is 1. The van der Waals surface area contributed by atoms with Crippen LogP contribution in [0.25, 0.3) is 0 Å². The normalized spacial score (nSPS) is 23.1. The Bertz CT molecular complexity index is 1850. The molecule has 3 aliphatic rings. The van der Waals surface area contributed by atoms with E-state index in [0.29, 0.717) is 31.0 Å². The zero-order chi connectivity index (χ0) is 37.4. The van der Waals surface area contributed by atoms with Crippen molar-refractivity contribution in [2.45, 2.75) is 129 Å². The second-order valence-corrected chi connectivity index (χ2v) is 15.6. The summed E-state index contributed by atoms with van der Waals surface area (Å²) < 4.78 is 28.6. The highest BCUT2D eigenvalue weighted by Gasteiger charge is 2.63. The van der Waals surface area contributed by atoms with Crippen LogP contribution in [0.4, 0.5) is 10.1 Å². The Hall–Kier alpha value is -3.97. The number of halogens is 1. The number of allylic oxidation sites excluding steroid dienone is 1. The number of amides is 1. The number of aryl methyl sites for hydroxylation is 3. The van der Waals surface area contributed by atoms with Crippen LogP contribution < -0.4 is 9.64 Å². The van der Waals surface area contributed by atoms with Crippen molar-refractivity contribution in [3.8, 4) is 5.75 Å². The van der Waals surface area contributed by atoms with Gasteiger partial charge in [0.05, 0.1) is 11.1 Å². The number of aliphatic hydroxyl groups excluding tert-OH is 1. The minimum Gasteiger partial charge on any atom is -0.508 e. The lowest BCUT2D eigenvalue weighted by atomic mass is 9.56. The molecule has 0 bridgehead atoms. The van der Waals surface area contributed by atoms with Crippen molar-refractivity contribution >= 4 is 17.4 Å². The van der Waals surface area contributed by atoms with Crippen LogP contribution in [0.2, 0.25) is 0 Å². The number of benzene rings is 3. The molecule has 3 aromatic carbocycles. The van der Waals surface area contributed by atoms with Gasteiger partial charge in [-0.1, -0.05) is 69.5 Å². The summed E-state index contributed by atoms with van der Waals surface area (Å²) in [5.41, 5.74) is 4.74. The maximum atomic E-state index is 15.8. The Labute approximate surface area is 309 Å². The van der Waals surface area contributed by atoms with Gasteiger partial charge in [0.25, 0.3) is 0 Å². The van der Waals surface area contributed by atoms with E-state index in [-0.39, 0.29) is 43.0 Å². The van der Waals surface area contributed by atoms with Crippen LogP contribution in [0.5, 0.6) is 5.75 Å². The average Bonchev–Trinajstić information content (AvgIpc) is 3.23. The maximum Gasteiger partial charge on any atom is 0.240 e. The number of rotatable bonds is 12. The predicted octanol–water partition coefficient (Wildman–Crippen LogP) is 10.6. The van der Waals surface area contributed by atoms with Gasteiger partial charge in [0.15, 0.2) is 5.60 Å². The van der Waals surface area contributed by atoms with Crippen molar-refractivity contribution < 1.29 is 28.6 Å². The van der Waals surface area contributed by atoms with E-state index in [0.717, 1.165) is 76.7 Å². The fourth-order valence-corrected chi connectivity index (χ4v) is 9.55. The first-order chi connectivity index (χ1) is 24.9. The summed E-state index contributed by atoms with van der Waals surface area (Å²) in [6.07, 6.45) is 6.00. The van der Waals surface area contributed by atoms with Crippen molar-refractivity contribution in [3.63, 3.8) is 0 Å². The number of anilines is 1. The van der Waals surface area contributed by atoms with E-state index >= 15 is 9.18 Å². The zero-order valence-electron chi connectivity index (χ0n) is 32.1. The molecule has 2 unspecified atom stereocenters. The quantitative estimate of drug-likeness (QED) is 0.190. The van der Waals surface area contributed by atoms with Crippen LogP contribution in [-0.4, -0.2) is 35.7 Å². The Morgan fingerprint density at radius 1 is 0.923 bits per heavy atom. The van der Waals surface area contributed by atoms with Crippen LogP contribution in [0.3, 0.4) is 0 Å². The second kappa shape index (κ2) is 15.2. The number of carbonyl (C=O) groups excluding carboxylic acids is 2. The van der Waals surface area contributed by atoms with E-state index in [1.54, 1.807) is 17.0 Å². The molecular weight excluding hydrogens is 653 g/mol. The van der Waals surface area contributed by atoms with Gasteiger partial charge in [-0.2, -0.15) is 0 Å². The van der Waals surface area contributed by atoms with E-state index in [9.17, 15) is 9.90 Å². The van der Waals surface area contributed by atoms with Gasteiger partial charge in [-0.15, -0.1) is 0 Å². The summed E-state index contributed by atoms with van der Waals surface area (Å²) in [5, 5.41) is 11.9. The predicted molar refractivity (Wildman–Crippen MR) is 205 cm³/mol. The van der Waals surface area contributed by atoms with Crippen LogP contribution >= 0.6 is 0 Å². The van der Waals surface area contributed by atoms with Crippen LogP contribution in [0, 0.1) is 32.5 Å². The fourth-order valence-electron chi connectivity index (χ4n) is 9.55. The highest BCUT2D eigenvalue weighted by molar-refractivity contribution is 6.10. The Morgan fingerprint density at radius 2 is 1.62 bits per heavy atom. The van der Waals surface area contributed by atoms with E-state index in [2.05, 4.69) is 19.9 Å². The van der Waals surface area contributed by atoms with Gasteiger partial charge in [0.2, 0.25) is 5.91 Å². The molecule has 52 heavy (non-hydrogen) atoms. The van der Waals surface area contributed by atoms with Gasteiger partial charge in [0.1, 0.15) is 29.8 Å². The van der Waals surface area contributed by atoms with Crippen molar-refractivity contribution in [1.82, 2.24) is 0 Å². The van der Waals surface area contributed by atoms with Gasteiger partial charge in [-0.3, -0.25) is 14.5 Å². The van der Waals surface area contributed by atoms with Crippen LogP contribution in [0.1, 0.15) is 131 Å². The first-order valence-electron chi connectivity index (χ1n) is 19.4. The van der Waals surface area contributed by atoms with E-state index < -0.39 is 22.9 Å². The number of aliphatic hydroxyl groups is 1. The second-order valence-electron chi connectivity index (χ2n) is 15.6. The van der Waals surface area contributed by atoms with E-state index in [1.807, 2.05) is 65.0 Å². The molecule has 1 N–H and O–H groups in total. The van der Waals surface area contributed by atoms with E-state index in [1.165, 1.54) is 6.07 Å². The molecule has 0 aromatic heterocycles. The van der Waals surface area contributed by atoms with Crippen molar-refractivity contribution in [3.05, 3.63) is 105 Å². The lowest BCUT2D eigenvalue weighted by Gasteiger charge is -2.45. The number of Topliss-reactive ketones (excluding diaryl/α,β-unsaturated/α-hetero) is 1. The third-order valence-corrected chi connectivity index (χ3v) is 12.0. The summed E-state index contributed by atoms with van der Waals surface area (Å²) in [7, 11) is 0. The minimum absolute atomic E-state index is 0.0541. The molecule has 1 spiro atoms. The molecule has 7 heteroatoms. The zero-order valence-corrected chi connectivity index (χ0v) is 32.1. The SMILES string of the molecule is CCCC(CCC)(Oc1ccc(C)cc1[C@H]1CC(=O)CC(C)C(c2cc(F)ccc2C)[C@]12C(=O)N(COCC)c1cc(C)ccc12)C(O)=C1CCC1. The average molecular weight is 710 g/mol.